The fraction of sp³-hybridized carbons (Fsp3) is 0.154. The molecule has 0 bridgehead atoms. The Morgan fingerprint density at radius 3 is 2.69 bits per heavy atom. The molecular weight excluding hydrogens is 202 g/mol. The maximum Gasteiger partial charge on any atom is 0.196 e. The van der Waals surface area contributed by atoms with Crippen molar-refractivity contribution in [3.63, 3.8) is 0 Å². The van der Waals surface area contributed by atoms with Crippen molar-refractivity contribution in [2.75, 3.05) is 0 Å². The molecule has 0 aliphatic heterocycles. The maximum absolute atomic E-state index is 12.1. The van der Waals surface area contributed by atoms with Gasteiger partial charge in [-0.15, -0.1) is 0 Å². The Bertz CT molecular complexity index is 486. The van der Waals surface area contributed by atoms with Crippen molar-refractivity contribution >= 4 is 5.78 Å². The van der Waals surface area contributed by atoms with Crippen LogP contribution < -0.4 is 5.73 Å². The zero-order valence-electron chi connectivity index (χ0n) is 9.01. The molecule has 1 aromatic heterocycles. The Morgan fingerprint density at radius 1 is 1.31 bits per heavy atom. The van der Waals surface area contributed by atoms with Crippen LogP contribution in [0.25, 0.3) is 0 Å². The van der Waals surface area contributed by atoms with Gasteiger partial charge in [0.1, 0.15) is 6.26 Å². The van der Waals surface area contributed by atoms with Crippen molar-refractivity contribution in [3.05, 3.63) is 59.5 Å². The number of carbonyl (C=O) groups is 1. The average molecular weight is 215 g/mol. The molecule has 3 heteroatoms. The second-order valence-corrected chi connectivity index (χ2v) is 3.72. The Morgan fingerprint density at radius 2 is 2.06 bits per heavy atom. The lowest BCUT2D eigenvalue weighted by Gasteiger charge is -2.10. The molecule has 0 amide bonds. The van der Waals surface area contributed by atoms with E-state index >= 15 is 0 Å². The van der Waals surface area contributed by atoms with Gasteiger partial charge in [-0.25, -0.2) is 0 Å². The first-order valence-corrected chi connectivity index (χ1v) is 5.11. The van der Waals surface area contributed by atoms with Crippen molar-refractivity contribution in [2.24, 2.45) is 5.73 Å². The van der Waals surface area contributed by atoms with E-state index < -0.39 is 0 Å². The molecule has 0 aliphatic rings. The van der Waals surface area contributed by atoms with Crippen LogP contribution in [-0.2, 0) is 0 Å². The van der Waals surface area contributed by atoms with Gasteiger partial charge < -0.3 is 10.2 Å². The molecule has 0 saturated carbocycles. The summed E-state index contributed by atoms with van der Waals surface area (Å²) in [6.45, 7) is 1.86. The van der Waals surface area contributed by atoms with E-state index in [1.807, 2.05) is 25.1 Å². The molecule has 0 fully saturated rings. The number of hydrogen-bond donors (Lipinski definition) is 1. The SMILES string of the molecule is C[C@@H](N)c1ccccc1C(=O)c1ccoc1. The molecule has 0 unspecified atom stereocenters. The quantitative estimate of drug-likeness (QED) is 0.800. The standard InChI is InChI=1S/C13H13NO2/c1-9(14)11-4-2-3-5-12(11)13(15)10-6-7-16-8-10/h2-9H,14H2,1H3/t9-/m1/s1. The van der Waals surface area contributed by atoms with Gasteiger partial charge in [0, 0.05) is 11.6 Å². The lowest BCUT2D eigenvalue weighted by Crippen LogP contribution is -2.12. The number of ketones is 1. The minimum atomic E-state index is -0.160. The normalized spacial score (nSPS) is 12.4. The lowest BCUT2D eigenvalue weighted by atomic mass is 9.96. The predicted octanol–water partition coefficient (Wildman–Crippen LogP) is 2.53. The van der Waals surface area contributed by atoms with E-state index in [-0.39, 0.29) is 11.8 Å². The lowest BCUT2D eigenvalue weighted by molar-refractivity contribution is 0.103. The number of rotatable bonds is 3. The van der Waals surface area contributed by atoms with Crippen molar-refractivity contribution < 1.29 is 9.21 Å². The highest BCUT2D eigenvalue weighted by Crippen LogP contribution is 2.19. The van der Waals surface area contributed by atoms with Gasteiger partial charge in [-0.3, -0.25) is 4.79 Å². The first-order valence-electron chi connectivity index (χ1n) is 5.11. The summed E-state index contributed by atoms with van der Waals surface area (Å²) in [6, 6.07) is 8.86. The van der Waals surface area contributed by atoms with E-state index in [2.05, 4.69) is 0 Å². The van der Waals surface area contributed by atoms with Gasteiger partial charge in [0.25, 0.3) is 0 Å². The Balaban J connectivity index is 2.44. The Hall–Kier alpha value is -1.87. The summed E-state index contributed by atoms with van der Waals surface area (Å²) >= 11 is 0. The summed E-state index contributed by atoms with van der Waals surface area (Å²) in [5.41, 5.74) is 7.87. The third-order valence-electron chi connectivity index (χ3n) is 2.48. The summed E-state index contributed by atoms with van der Waals surface area (Å²) < 4.78 is 4.91. The minimum absolute atomic E-state index is 0.0540. The van der Waals surface area contributed by atoms with Crippen molar-refractivity contribution in [3.8, 4) is 0 Å². The van der Waals surface area contributed by atoms with Gasteiger partial charge in [0.05, 0.1) is 11.8 Å². The molecule has 82 valence electrons. The zero-order valence-corrected chi connectivity index (χ0v) is 9.01. The monoisotopic (exact) mass is 215 g/mol. The summed E-state index contributed by atoms with van der Waals surface area (Å²) in [7, 11) is 0. The molecule has 1 atom stereocenters. The number of benzene rings is 1. The summed E-state index contributed by atoms with van der Waals surface area (Å²) in [4.78, 5) is 12.1. The molecule has 2 aromatic rings. The van der Waals surface area contributed by atoms with Crippen LogP contribution in [0.1, 0.15) is 34.5 Å². The molecule has 2 rings (SSSR count). The van der Waals surface area contributed by atoms with Gasteiger partial charge in [0.2, 0.25) is 0 Å². The van der Waals surface area contributed by atoms with E-state index in [0.717, 1.165) is 5.56 Å². The van der Waals surface area contributed by atoms with Crippen LogP contribution in [0.5, 0.6) is 0 Å². The van der Waals surface area contributed by atoms with E-state index in [0.29, 0.717) is 11.1 Å². The first kappa shape index (κ1) is 10.6. The van der Waals surface area contributed by atoms with Gasteiger partial charge in [-0.1, -0.05) is 24.3 Å². The van der Waals surface area contributed by atoms with Gasteiger partial charge in [0.15, 0.2) is 5.78 Å². The van der Waals surface area contributed by atoms with E-state index in [9.17, 15) is 4.79 Å². The number of hydrogen-bond acceptors (Lipinski definition) is 3. The predicted molar refractivity (Wildman–Crippen MR) is 61.2 cm³/mol. The smallest absolute Gasteiger partial charge is 0.196 e. The highest BCUT2D eigenvalue weighted by atomic mass is 16.3. The molecule has 3 nitrogen and oxygen atoms in total. The molecule has 0 radical (unpaired) electrons. The van der Waals surface area contributed by atoms with Crippen LogP contribution >= 0.6 is 0 Å². The second-order valence-electron chi connectivity index (χ2n) is 3.72. The van der Waals surface area contributed by atoms with Gasteiger partial charge in [-0.2, -0.15) is 0 Å². The third-order valence-corrected chi connectivity index (χ3v) is 2.48. The third kappa shape index (κ3) is 1.90. The van der Waals surface area contributed by atoms with Crippen LogP contribution in [0.4, 0.5) is 0 Å². The highest BCUT2D eigenvalue weighted by Gasteiger charge is 2.15. The average Bonchev–Trinajstić information content (AvgIpc) is 2.81. The molecule has 0 spiro atoms. The maximum atomic E-state index is 12.1. The van der Waals surface area contributed by atoms with Crippen molar-refractivity contribution in [2.45, 2.75) is 13.0 Å². The largest absolute Gasteiger partial charge is 0.472 e. The topological polar surface area (TPSA) is 56.2 Å². The van der Waals surface area contributed by atoms with Gasteiger partial charge >= 0.3 is 0 Å². The Kier molecular flexibility index (Phi) is 2.88. The van der Waals surface area contributed by atoms with E-state index in [1.165, 1.54) is 12.5 Å². The summed E-state index contributed by atoms with van der Waals surface area (Å²) in [5, 5.41) is 0. The van der Waals surface area contributed by atoms with Crippen molar-refractivity contribution in [1.82, 2.24) is 0 Å². The van der Waals surface area contributed by atoms with Crippen LogP contribution in [0.15, 0.2) is 47.3 Å². The van der Waals surface area contributed by atoms with Crippen molar-refractivity contribution in [1.29, 1.82) is 0 Å². The molecule has 16 heavy (non-hydrogen) atoms. The Labute approximate surface area is 93.9 Å². The van der Waals surface area contributed by atoms with E-state index in [1.54, 1.807) is 12.1 Å². The molecular formula is C13H13NO2. The molecule has 1 heterocycles. The molecule has 0 aliphatic carbocycles. The number of furan rings is 1. The summed E-state index contributed by atoms with van der Waals surface area (Å²) in [6.07, 6.45) is 2.93. The van der Waals surface area contributed by atoms with Crippen LogP contribution in [0.2, 0.25) is 0 Å². The van der Waals surface area contributed by atoms with E-state index in [4.69, 9.17) is 10.2 Å². The fourth-order valence-corrected chi connectivity index (χ4v) is 1.65. The second kappa shape index (κ2) is 4.33. The summed E-state index contributed by atoms with van der Waals surface area (Å²) in [5.74, 6) is -0.0540. The van der Waals surface area contributed by atoms with Gasteiger partial charge in [-0.05, 0) is 18.6 Å². The molecule has 1 aromatic carbocycles. The van der Waals surface area contributed by atoms with Crippen LogP contribution in [0.3, 0.4) is 0 Å². The molecule has 2 N–H and O–H groups in total. The first-order chi connectivity index (χ1) is 7.70. The van der Waals surface area contributed by atoms with Crippen LogP contribution in [-0.4, -0.2) is 5.78 Å². The highest BCUT2D eigenvalue weighted by molar-refractivity contribution is 6.09. The number of nitrogens with two attached hydrogens (primary N) is 1. The minimum Gasteiger partial charge on any atom is -0.472 e. The fourth-order valence-electron chi connectivity index (χ4n) is 1.65. The number of carbonyl (C=O) groups excluding carboxylic acids is 1. The van der Waals surface area contributed by atoms with Crippen LogP contribution in [0, 0.1) is 0 Å². The molecule has 0 saturated heterocycles. The zero-order chi connectivity index (χ0) is 11.5.